The molecule has 0 aromatic heterocycles. The molecule has 3 heteroatoms. The Kier molecular flexibility index (Phi) is 3.53. The third kappa shape index (κ3) is 1.78. The molecule has 1 atom stereocenters. The normalized spacial score (nSPS) is 24.1. The highest BCUT2D eigenvalue weighted by molar-refractivity contribution is 5.85. The van der Waals surface area contributed by atoms with Crippen LogP contribution in [0.15, 0.2) is 24.3 Å². The van der Waals surface area contributed by atoms with Gasteiger partial charge in [0, 0.05) is 0 Å². The molecule has 0 aliphatic heterocycles. The van der Waals surface area contributed by atoms with Crippen LogP contribution in [0.3, 0.4) is 0 Å². The number of aryl methyl sites for hydroxylation is 1. The van der Waals surface area contributed by atoms with E-state index in [1.807, 2.05) is 18.2 Å². The first-order chi connectivity index (χ1) is 6.26. The molecule has 1 aliphatic rings. The van der Waals surface area contributed by atoms with Crippen molar-refractivity contribution in [3.8, 4) is 0 Å². The van der Waals surface area contributed by atoms with Gasteiger partial charge in [-0.3, -0.25) is 0 Å². The number of aliphatic hydroxyl groups is 1. The first kappa shape index (κ1) is 11.5. The molecule has 0 radical (unpaired) electrons. The summed E-state index contributed by atoms with van der Waals surface area (Å²) in [7, 11) is 0. The average molecular weight is 214 g/mol. The van der Waals surface area contributed by atoms with Crippen LogP contribution in [0.5, 0.6) is 0 Å². The molecule has 0 spiro atoms. The number of hydrogen-bond donors (Lipinski definition) is 2. The molecule has 3 N–H and O–H groups in total. The lowest BCUT2D eigenvalue weighted by Crippen LogP contribution is -2.25. The van der Waals surface area contributed by atoms with Crippen molar-refractivity contribution in [2.24, 2.45) is 5.73 Å². The van der Waals surface area contributed by atoms with Gasteiger partial charge in [0.05, 0.1) is 5.60 Å². The third-order valence-corrected chi connectivity index (χ3v) is 2.88. The smallest absolute Gasteiger partial charge is 0.0914 e. The lowest BCUT2D eigenvalue weighted by atomic mass is 9.92. The maximum Gasteiger partial charge on any atom is 0.0914 e. The quantitative estimate of drug-likeness (QED) is 0.784. The van der Waals surface area contributed by atoms with Crippen LogP contribution in [-0.4, -0.2) is 11.7 Å². The Bertz CT molecular complexity index is 312. The maximum atomic E-state index is 10.3. The second-order valence-corrected chi connectivity index (χ2v) is 3.73. The van der Waals surface area contributed by atoms with Crippen LogP contribution in [0.25, 0.3) is 0 Å². The van der Waals surface area contributed by atoms with Gasteiger partial charge in [0.1, 0.15) is 0 Å². The molecule has 0 amide bonds. The molecule has 0 fully saturated rings. The van der Waals surface area contributed by atoms with E-state index in [9.17, 15) is 5.11 Å². The topological polar surface area (TPSA) is 46.2 Å². The Morgan fingerprint density at radius 1 is 1.36 bits per heavy atom. The van der Waals surface area contributed by atoms with Crippen molar-refractivity contribution in [3.05, 3.63) is 35.4 Å². The summed E-state index contributed by atoms with van der Waals surface area (Å²) in [5, 5.41) is 10.3. The van der Waals surface area contributed by atoms with Gasteiger partial charge in [0.15, 0.2) is 0 Å². The second-order valence-electron chi connectivity index (χ2n) is 3.73. The standard InChI is InChI=1S/C11H15NO.ClH/c12-8-7-11(13)6-5-9-3-1-2-4-10(9)11;/h1-4,13H,5-8,12H2;1H. The molecule has 0 saturated carbocycles. The minimum absolute atomic E-state index is 0. The van der Waals surface area contributed by atoms with Crippen LogP contribution in [0.4, 0.5) is 0 Å². The summed E-state index contributed by atoms with van der Waals surface area (Å²) < 4.78 is 0. The van der Waals surface area contributed by atoms with E-state index in [0.29, 0.717) is 13.0 Å². The van der Waals surface area contributed by atoms with E-state index < -0.39 is 5.60 Å². The van der Waals surface area contributed by atoms with Crippen LogP contribution in [0.1, 0.15) is 24.0 Å². The van der Waals surface area contributed by atoms with Gasteiger partial charge < -0.3 is 10.8 Å². The number of nitrogens with two attached hydrogens (primary N) is 1. The highest BCUT2D eigenvalue weighted by Crippen LogP contribution is 2.38. The zero-order valence-corrected chi connectivity index (χ0v) is 8.89. The van der Waals surface area contributed by atoms with E-state index >= 15 is 0 Å². The van der Waals surface area contributed by atoms with Gasteiger partial charge >= 0.3 is 0 Å². The number of benzene rings is 1. The molecule has 2 nitrogen and oxygen atoms in total. The Balaban J connectivity index is 0.000000980. The molecular formula is C11H16ClNO. The summed E-state index contributed by atoms with van der Waals surface area (Å²) in [5.74, 6) is 0. The lowest BCUT2D eigenvalue weighted by Gasteiger charge is -2.22. The molecule has 1 aromatic rings. The van der Waals surface area contributed by atoms with Gasteiger partial charge in [-0.15, -0.1) is 12.4 Å². The third-order valence-electron chi connectivity index (χ3n) is 2.88. The summed E-state index contributed by atoms with van der Waals surface area (Å²) in [6.45, 7) is 0.546. The fourth-order valence-electron chi connectivity index (χ4n) is 2.17. The van der Waals surface area contributed by atoms with Crippen molar-refractivity contribution in [2.75, 3.05) is 6.54 Å². The van der Waals surface area contributed by atoms with Crippen molar-refractivity contribution >= 4 is 12.4 Å². The summed E-state index contributed by atoms with van der Waals surface area (Å²) in [6, 6.07) is 8.10. The first-order valence-corrected chi connectivity index (χ1v) is 4.77. The Morgan fingerprint density at radius 2 is 2.07 bits per heavy atom. The predicted octanol–water partition coefficient (Wildman–Crippen LogP) is 1.59. The first-order valence-electron chi connectivity index (χ1n) is 4.77. The zero-order chi connectivity index (χ0) is 9.31. The van der Waals surface area contributed by atoms with Gasteiger partial charge in [-0.1, -0.05) is 24.3 Å². The number of halogens is 1. The van der Waals surface area contributed by atoms with E-state index in [1.54, 1.807) is 0 Å². The summed E-state index contributed by atoms with van der Waals surface area (Å²) >= 11 is 0. The van der Waals surface area contributed by atoms with Gasteiger partial charge in [0.2, 0.25) is 0 Å². The molecule has 0 saturated heterocycles. The average Bonchev–Trinajstić information content (AvgIpc) is 2.46. The number of hydrogen-bond acceptors (Lipinski definition) is 2. The summed E-state index contributed by atoms with van der Waals surface area (Å²) in [4.78, 5) is 0. The van der Waals surface area contributed by atoms with Crippen LogP contribution in [0, 0.1) is 0 Å². The minimum Gasteiger partial charge on any atom is -0.385 e. The van der Waals surface area contributed by atoms with E-state index in [1.165, 1.54) is 5.56 Å². The largest absolute Gasteiger partial charge is 0.385 e. The highest BCUT2D eigenvalue weighted by Gasteiger charge is 2.35. The fourth-order valence-corrected chi connectivity index (χ4v) is 2.17. The zero-order valence-electron chi connectivity index (χ0n) is 8.07. The second kappa shape index (κ2) is 4.30. The Morgan fingerprint density at radius 3 is 2.79 bits per heavy atom. The van der Waals surface area contributed by atoms with Crippen molar-refractivity contribution in [2.45, 2.75) is 24.9 Å². The van der Waals surface area contributed by atoms with Gasteiger partial charge in [-0.2, -0.15) is 0 Å². The Labute approximate surface area is 90.5 Å². The van der Waals surface area contributed by atoms with E-state index in [4.69, 9.17) is 5.73 Å². The molecule has 2 rings (SSSR count). The molecule has 1 aromatic carbocycles. The van der Waals surface area contributed by atoms with E-state index in [-0.39, 0.29) is 12.4 Å². The molecular weight excluding hydrogens is 198 g/mol. The van der Waals surface area contributed by atoms with Gasteiger partial charge in [-0.05, 0) is 36.9 Å². The number of fused-ring (bicyclic) bond motifs is 1. The lowest BCUT2D eigenvalue weighted by molar-refractivity contribution is 0.0320. The fraction of sp³-hybridized carbons (Fsp3) is 0.455. The van der Waals surface area contributed by atoms with E-state index in [0.717, 1.165) is 18.4 Å². The monoisotopic (exact) mass is 213 g/mol. The number of rotatable bonds is 2. The summed E-state index contributed by atoms with van der Waals surface area (Å²) in [5.41, 5.74) is 7.20. The van der Waals surface area contributed by atoms with Crippen LogP contribution >= 0.6 is 12.4 Å². The summed E-state index contributed by atoms with van der Waals surface area (Å²) in [6.07, 6.45) is 2.47. The molecule has 0 bridgehead atoms. The van der Waals surface area contributed by atoms with Crippen LogP contribution in [-0.2, 0) is 12.0 Å². The molecule has 1 aliphatic carbocycles. The Hall–Kier alpha value is -0.570. The molecule has 0 heterocycles. The van der Waals surface area contributed by atoms with Gasteiger partial charge in [-0.25, -0.2) is 0 Å². The van der Waals surface area contributed by atoms with E-state index in [2.05, 4.69) is 6.07 Å². The van der Waals surface area contributed by atoms with Gasteiger partial charge in [0.25, 0.3) is 0 Å². The van der Waals surface area contributed by atoms with Crippen LogP contribution < -0.4 is 5.73 Å². The molecule has 78 valence electrons. The maximum absolute atomic E-state index is 10.3. The minimum atomic E-state index is -0.647. The predicted molar refractivity (Wildman–Crippen MR) is 59.6 cm³/mol. The molecule has 14 heavy (non-hydrogen) atoms. The van der Waals surface area contributed by atoms with Crippen molar-refractivity contribution < 1.29 is 5.11 Å². The highest BCUT2D eigenvalue weighted by atomic mass is 35.5. The van der Waals surface area contributed by atoms with Crippen molar-refractivity contribution in [3.63, 3.8) is 0 Å². The molecule has 1 unspecified atom stereocenters. The SMILES string of the molecule is Cl.NCCC1(O)CCc2ccccc21. The van der Waals surface area contributed by atoms with Crippen LogP contribution in [0.2, 0.25) is 0 Å². The van der Waals surface area contributed by atoms with Crippen molar-refractivity contribution in [1.82, 2.24) is 0 Å². The van der Waals surface area contributed by atoms with Crippen molar-refractivity contribution in [1.29, 1.82) is 0 Å².